The van der Waals surface area contributed by atoms with Gasteiger partial charge in [-0.2, -0.15) is 0 Å². The van der Waals surface area contributed by atoms with Crippen LogP contribution in [0.5, 0.6) is 0 Å². The summed E-state index contributed by atoms with van der Waals surface area (Å²) in [5.41, 5.74) is 0. The molecule has 2 radical (unpaired) electrons. The second-order valence-corrected chi connectivity index (χ2v) is 4.27. The molecule has 11 heavy (non-hydrogen) atoms. The van der Waals surface area contributed by atoms with Gasteiger partial charge in [0.15, 0.2) is 0 Å². The Kier molecular flexibility index (Phi) is 1.96. The first-order chi connectivity index (χ1) is 5.25. The quantitative estimate of drug-likeness (QED) is 0.558. The predicted octanol–water partition coefficient (Wildman–Crippen LogP) is 1.30. The topological polar surface area (TPSA) is 20.2 Å². The number of hydrogen-bond donors (Lipinski definition) is 1. The van der Waals surface area contributed by atoms with E-state index in [-0.39, 0.29) is 0 Å². The second kappa shape index (κ2) is 2.82. The molecule has 60 valence electrons. The Balaban J connectivity index is 1.97. The summed E-state index contributed by atoms with van der Waals surface area (Å²) in [4.78, 5) is 0. The monoisotopic (exact) mass is 150 g/mol. The van der Waals surface area contributed by atoms with Gasteiger partial charge in [-0.15, -0.1) is 0 Å². The third-order valence-corrected chi connectivity index (χ3v) is 3.40. The van der Waals surface area contributed by atoms with Gasteiger partial charge in [-0.1, -0.05) is 12.8 Å². The lowest BCUT2D eigenvalue weighted by Gasteiger charge is -2.29. The standard InChI is InChI=1S/C9H15BO/c10-9(11)8-4-6-1-2-7(3-6)5-8/h6-9,11H,1-5H2. The molecule has 0 aromatic heterocycles. The van der Waals surface area contributed by atoms with Gasteiger partial charge in [0.05, 0.1) is 0 Å². The van der Waals surface area contributed by atoms with E-state index in [0.717, 1.165) is 11.8 Å². The average Bonchev–Trinajstić information content (AvgIpc) is 2.30. The van der Waals surface area contributed by atoms with Crippen LogP contribution in [-0.4, -0.2) is 19.0 Å². The highest BCUT2D eigenvalue weighted by Gasteiger charge is 2.35. The summed E-state index contributed by atoms with van der Waals surface area (Å²) in [6.45, 7) is 0. The summed E-state index contributed by atoms with van der Waals surface area (Å²) in [5.74, 6) is 2.18. The molecule has 2 bridgehead atoms. The molecule has 2 heteroatoms. The molecule has 0 aromatic carbocycles. The maximum Gasteiger partial charge on any atom is 0.108 e. The summed E-state index contributed by atoms with van der Waals surface area (Å²) in [6, 6.07) is -0.557. The number of aliphatic hydroxyl groups excluding tert-OH is 1. The SMILES string of the molecule is [B]C(O)C1CC2CCC(C2)C1. The highest BCUT2D eigenvalue weighted by molar-refractivity contribution is 6.10. The van der Waals surface area contributed by atoms with E-state index in [2.05, 4.69) is 0 Å². The van der Waals surface area contributed by atoms with E-state index in [1.165, 1.54) is 32.1 Å². The molecule has 1 nitrogen and oxygen atoms in total. The third kappa shape index (κ3) is 1.46. The Labute approximate surface area is 69.6 Å². The highest BCUT2D eigenvalue weighted by atomic mass is 16.3. The molecule has 0 saturated heterocycles. The summed E-state index contributed by atoms with van der Waals surface area (Å²) in [5, 5.41) is 9.22. The van der Waals surface area contributed by atoms with Crippen LogP contribution in [0.15, 0.2) is 0 Å². The van der Waals surface area contributed by atoms with Crippen LogP contribution in [0.4, 0.5) is 0 Å². The average molecular weight is 150 g/mol. The molecule has 2 saturated carbocycles. The van der Waals surface area contributed by atoms with E-state index in [4.69, 9.17) is 7.85 Å². The van der Waals surface area contributed by atoms with Crippen molar-refractivity contribution in [2.75, 3.05) is 0 Å². The first kappa shape index (κ1) is 7.66. The molecule has 0 aliphatic heterocycles. The van der Waals surface area contributed by atoms with E-state index in [0.29, 0.717) is 5.92 Å². The van der Waals surface area contributed by atoms with Crippen molar-refractivity contribution < 1.29 is 5.11 Å². The van der Waals surface area contributed by atoms with Gasteiger partial charge in [-0.25, -0.2) is 0 Å². The minimum Gasteiger partial charge on any atom is -0.403 e. The molecule has 2 aliphatic rings. The lowest BCUT2D eigenvalue weighted by Crippen LogP contribution is -2.27. The Morgan fingerprint density at radius 2 is 1.64 bits per heavy atom. The van der Waals surface area contributed by atoms with Crippen LogP contribution in [-0.2, 0) is 0 Å². The maximum absolute atomic E-state index is 9.22. The van der Waals surface area contributed by atoms with Crippen molar-refractivity contribution in [3.05, 3.63) is 0 Å². The molecule has 0 heterocycles. The minimum atomic E-state index is -0.557. The fourth-order valence-electron chi connectivity index (χ4n) is 2.84. The third-order valence-electron chi connectivity index (χ3n) is 3.40. The highest BCUT2D eigenvalue weighted by Crippen LogP contribution is 2.45. The zero-order chi connectivity index (χ0) is 7.84. The number of rotatable bonds is 1. The maximum atomic E-state index is 9.22. The van der Waals surface area contributed by atoms with E-state index < -0.39 is 6.00 Å². The van der Waals surface area contributed by atoms with Gasteiger partial charge in [-0.05, 0) is 37.0 Å². The van der Waals surface area contributed by atoms with Gasteiger partial charge < -0.3 is 5.11 Å². The zero-order valence-corrected chi connectivity index (χ0v) is 6.87. The van der Waals surface area contributed by atoms with Gasteiger partial charge in [0.25, 0.3) is 0 Å². The van der Waals surface area contributed by atoms with Crippen molar-refractivity contribution in [2.24, 2.45) is 17.8 Å². The molecule has 2 rings (SSSR count). The van der Waals surface area contributed by atoms with E-state index >= 15 is 0 Å². The summed E-state index contributed by atoms with van der Waals surface area (Å²) in [6.07, 6.45) is 6.52. The van der Waals surface area contributed by atoms with Gasteiger partial charge >= 0.3 is 0 Å². The largest absolute Gasteiger partial charge is 0.403 e. The summed E-state index contributed by atoms with van der Waals surface area (Å²) < 4.78 is 0. The van der Waals surface area contributed by atoms with Crippen molar-refractivity contribution in [3.63, 3.8) is 0 Å². The fraction of sp³-hybridized carbons (Fsp3) is 1.00. The Bertz CT molecular complexity index is 134. The van der Waals surface area contributed by atoms with Crippen molar-refractivity contribution in [1.29, 1.82) is 0 Å². The Hall–Kier alpha value is 0.0249. The minimum absolute atomic E-state index is 0.404. The van der Waals surface area contributed by atoms with Crippen molar-refractivity contribution in [2.45, 2.75) is 38.1 Å². The zero-order valence-electron chi connectivity index (χ0n) is 6.87. The van der Waals surface area contributed by atoms with Crippen molar-refractivity contribution in [3.8, 4) is 0 Å². The van der Waals surface area contributed by atoms with Crippen LogP contribution in [0.3, 0.4) is 0 Å². The van der Waals surface area contributed by atoms with E-state index in [1.807, 2.05) is 0 Å². The first-order valence-electron chi connectivity index (χ1n) is 4.69. The van der Waals surface area contributed by atoms with Crippen LogP contribution in [0.2, 0.25) is 0 Å². The smallest absolute Gasteiger partial charge is 0.108 e. The molecule has 0 amide bonds. The molecule has 3 atom stereocenters. The Morgan fingerprint density at radius 1 is 1.09 bits per heavy atom. The second-order valence-electron chi connectivity index (χ2n) is 4.27. The van der Waals surface area contributed by atoms with Crippen LogP contribution in [0, 0.1) is 17.8 Å². The molecule has 1 N–H and O–H groups in total. The number of fused-ring (bicyclic) bond motifs is 2. The molecule has 0 spiro atoms. The summed E-state index contributed by atoms with van der Waals surface area (Å²) >= 11 is 0. The summed E-state index contributed by atoms with van der Waals surface area (Å²) in [7, 11) is 5.47. The molecule has 2 aliphatic carbocycles. The number of aliphatic hydroxyl groups is 1. The van der Waals surface area contributed by atoms with E-state index in [9.17, 15) is 5.11 Å². The van der Waals surface area contributed by atoms with Crippen molar-refractivity contribution >= 4 is 7.85 Å². The van der Waals surface area contributed by atoms with Crippen LogP contribution >= 0.6 is 0 Å². The van der Waals surface area contributed by atoms with Gasteiger partial charge in [0.2, 0.25) is 0 Å². The van der Waals surface area contributed by atoms with Gasteiger partial charge in [0.1, 0.15) is 7.85 Å². The normalized spacial score (nSPS) is 45.7. The molecule has 0 aromatic rings. The van der Waals surface area contributed by atoms with Crippen molar-refractivity contribution in [1.82, 2.24) is 0 Å². The molecular weight excluding hydrogens is 135 g/mol. The molecule has 3 unspecified atom stereocenters. The lowest BCUT2D eigenvalue weighted by atomic mass is 9.73. The first-order valence-corrected chi connectivity index (χ1v) is 4.69. The Morgan fingerprint density at radius 3 is 2.09 bits per heavy atom. The van der Waals surface area contributed by atoms with Crippen LogP contribution in [0.25, 0.3) is 0 Å². The number of hydrogen-bond acceptors (Lipinski definition) is 1. The van der Waals surface area contributed by atoms with Crippen LogP contribution < -0.4 is 0 Å². The lowest BCUT2D eigenvalue weighted by molar-refractivity contribution is 0.125. The predicted molar refractivity (Wildman–Crippen MR) is 45.3 cm³/mol. The van der Waals surface area contributed by atoms with Gasteiger partial charge in [0, 0.05) is 6.00 Å². The van der Waals surface area contributed by atoms with Crippen LogP contribution in [0.1, 0.15) is 32.1 Å². The fourth-order valence-corrected chi connectivity index (χ4v) is 2.84. The van der Waals surface area contributed by atoms with E-state index in [1.54, 1.807) is 0 Å². The molecular formula is C9H15BO. The molecule has 2 fully saturated rings. The van der Waals surface area contributed by atoms with Gasteiger partial charge in [-0.3, -0.25) is 0 Å².